The van der Waals surface area contributed by atoms with E-state index in [1.165, 1.54) is 0 Å². The summed E-state index contributed by atoms with van der Waals surface area (Å²) in [7, 11) is 0. The van der Waals surface area contributed by atoms with Gasteiger partial charge < -0.3 is 9.84 Å². The summed E-state index contributed by atoms with van der Waals surface area (Å²) in [6.45, 7) is 2.27. The van der Waals surface area contributed by atoms with E-state index < -0.39 is 0 Å². The summed E-state index contributed by atoms with van der Waals surface area (Å²) in [6.07, 6.45) is 2.17. The van der Waals surface area contributed by atoms with E-state index in [-0.39, 0.29) is 18.3 Å². The molecular weight excluding hydrogens is 216 g/mol. The minimum atomic E-state index is -0.0284. The number of ketones is 1. The Kier molecular flexibility index (Phi) is 6.33. The zero-order chi connectivity index (χ0) is 12.5. The van der Waals surface area contributed by atoms with Crippen LogP contribution < -0.4 is 4.74 Å². The third-order valence-electron chi connectivity index (χ3n) is 2.76. The maximum Gasteiger partial charge on any atom is 0.132 e. The molecule has 1 N–H and O–H groups in total. The van der Waals surface area contributed by atoms with Gasteiger partial charge in [0.2, 0.25) is 0 Å². The summed E-state index contributed by atoms with van der Waals surface area (Å²) < 4.78 is 5.54. The van der Waals surface area contributed by atoms with Crippen molar-refractivity contribution in [2.24, 2.45) is 5.92 Å². The SMILES string of the molecule is CC(=O)C(CCO)CCCOc1ccccc1. The molecule has 94 valence electrons. The lowest BCUT2D eigenvalue weighted by Crippen LogP contribution is -2.14. The molecule has 0 bridgehead atoms. The summed E-state index contributed by atoms with van der Waals surface area (Å²) >= 11 is 0. The van der Waals surface area contributed by atoms with Crippen LogP contribution in [0.3, 0.4) is 0 Å². The number of benzene rings is 1. The Bertz CT molecular complexity index is 321. The molecule has 1 rings (SSSR count). The lowest BCUT2D eigenvalue weighted by atomic mass is 9.96. The van der Waals surface area contributed by atoms with Gasteiger partial charge in [-0.1, -0.05) is 18.2 Å². The maximum absolute atomic E-state index is 11.2. The van der Waals surface area contributed by atoms with Gasteiger partial charge in [-0.3, -0.25) is 4.79 Å². The second-order valence-electron chi connectivity index (χ2n) is 4.12. The molecule has 1 aromatic rings. The third-order valence-corrected chi connectivity index (χ3v) is 2.76. The van der Waals surface area contributed by atoms with Crippen LogP contribution in [0.2, 0.25) is 0 Å². The molecule has 0 saturated heterocycles. The average molecular weight is 236 g/mol. The summed E-state index contributed by atoms with van der Waals surface area (Å²) in [5.41, 5.74) is 0. The van der Waals surface area contributed by atoms with Crippen LogP contribution in [0, 0.1) is 5.92 Å². The molecule has 1 unspecified atom stereocenters. The first-order valence-corrected chi connectivity index (χ1v) is 6.03. The predicted molar refractivity (Wildman–Crippen MR) is 67.0 cm³/mol. The fourth-order valence-corrected chi connectivity index (χ4v) is 1.74. The summed E-state index contributed by atoms with van der Waals surface area (Å²) in [5, 5.41) is 8.84. The Labute approximate surface area is 102 Å². The third kappa shape index (κ3) is 5.50. The molecule has 0 aliphatic carbocycles. The van der Waals surface area contributed by atoms with Crippen LogP contribution in [-0.2, 0) is 4.79 Å². The highest BCUT2D eigenvalue weighted by molar-refractivity contribution is 5.78. The summed E-state index contributed by atoms with van der Waals surface area (Å²) in [5.74, 6) is 0.979. The second-order valence-corrected chi connectivity index (χ2v) is 4.12. The number of Topliss-reactive ketones (excluding diaryl/α,β-unsaturated/α-hetero) is 1. The molecule has 3 nitrogen and oxygen atoms in total. The number of ether oxygens (including phenoxy) is 1. The zero-order valence-electron chi connectivity index (χ0n) is 10.3. The minimum absolute atomic E-state index is 0.0284. The van der Waals surface area contributed by atoms with Gasteiger partial charge in [0.15, 0.2) is 0 Å². The molecule has 0 aromatic heterocycles. The van der Waals surface area contributed by atoms with Gasteiger partial charge in [0.25, 0.3) is 0 Å². The minimum Gasteiger partial charge on any atom is -0.494 e. The van der Waals surface area contributed by atoms with Crippen molar-refractivity contribution in [1.29, 1.82) is 0 Å². The first kappa shape index (κ1) is 13.7. The maximum atomic E-state index is 11.2. The molecular formula is C14H20O3. The van der Waals surface area contributed by atoms with Gasteiger partial charge in [-0.2, -0.15) is 0 Å². The van der Waals surface area contributed by atoms with E-state index in [9.17, 15) is 4.79 Å². The number of hydrogen-bond donors (Lipinski definition) is 1. The van der Waals surface area contributed by atoms with Gasteiger partial charge in [0.1, 0.15) is 11.5 Å². The van der Waals surface area contributed by atoms with E-state index >= 15 is 0 Å². The molecule has 0 radical (unpaired) electrons. The molecule has 0 aliphatic rings. The number of rotatable bonds is 8. The number of hydrogen-bond acceptors (Lipinski definition) is 3. The van der Waals surface area contributed by atoms with Gasteiger partial charge in [0.05, 0.1) is 6.61 Å². The standard InChI is InChI=1S/C14H20O3/c1-12(16)13(9-10-15)6-5-11-17-14-7-3-2-4-8-14/h2-4,7-8,13,15H,5-6,9-11H2,1H3. The van der Waals surface area contributed by atoms with Crippen molar-refractivity contribution in [2.45, 2.75) is 26.2 Å². The fourth-order valence-electron chi connectivity index (χ4n) is 1.74. The van der Waals surface area contributed by atoms with Crippen LogP contribution in [0.15, 0.2) is 30.3 Å². The monoisotopic (exact) mass is 236 g/mol. The molecule has 0 fully saturated rings. The largest absolute Gasteiger partial charge is 0.494 e. The van der Waals surface area contributed by atoms with E-state index in [2.05, 4.69) is 0 Å². The number of para-hydroxylation sites is 1. The highest BCUT2D eigenvalue weighted by atomic mass is 16.5. The average Bonchev–Trinajstić information content (AvgIpc) is 2.34. The highest BCUT2D eigenvalue weighted by Gasteiger charge is 2.12. The topological polar surface area (TPSA) is 46.5 Å². The lowest BCUT2D eigenvalue weighted by Gasteiger charge is -2.12. The van der Waals surface area contributed by atoms with Gasteiger partial charge in [-0.05, 0) is 38.3 Å². The molecule has 0 aliphatic heterocycles. The van der Waals surface area contributed by atoms with E-state index in [4.69, 9.17) is 9.84 Å². The summed E-state index contributed by atoms with van der Waals surface area (Å²) in [6, 6.07) is 9.63. The smallest absolute Gasteiger partial charge is 0.132 e. The fraction of sp³-hybridized carbons (Fsp3) is 0.500. The van der Waals surface area contributed by atoms with E-state index in [0.717, 1.165) is 18.6 Å². The predicted octanol–water partition coefficient (Wildman–Crippen LogP) is 2.43. The Morgan fingerprint density at radius 1 is 1.29 bits per heavy atom. The van der Waals surface area contributed by atoms with Gasteiger partial charge in [0, 0.05) is 12.5 Å². The molecule has 1 atom stereocenters. The van der Waals surface area contributed by atoms with Crippen molar-refractivity contribution in [3.05, 3.63) is 30.3 Å². The van der Waals surface area contributed by atoms with Crippen molar-refractivity contribution < 1.29 is 14.6 Å². The highest BCUT2D eigenvalue weighted by Crippen LogP contribution is 2.14. The Hall–Kier alpha value is -1.35. The number of aliphatic hydroxyl groups is 1. The molecule has 17 heavy (non-hydrogen) atoms. The van der Waals surface area contributed by atoms with Crippen LogP contribution in [-0.4, -0.2) is 24.1 Å². The molecule has 0 amide bonds. The van der Waals surface area contributed by atoms with Gasteiger partial charge in [-0.25, -0.2) is 0 Å². The van der Waals surface area contributed by atoms with Crippen LogP contribution >= 0.6 is 0 Å². The number of carbonyl (C=O) groups is 1. The Morgan fingerprint density at radius 2 is 2.00 bits per heavy atom. The Morgan fingerprint density at radius 3 is 2.59 bits per heavy atom. The van der Waals surface area contributed by atoms with Crippen molar-refractivity contribution in [1.82, 2.24) is 0 Å². The molecule has 0 saturated carbocycles. The molecule has 1 aromatic carbocycles. The van der Waals surface area contributed by atoms with Gasteiger partial charge >= 0.3 is 0 Å². The lowest BCUT2D eigenvalue weighted by molar-refractivity contribution is -0.121. The summed E-state index contributed by atoms with van der Waals surface area (Å²) in [4.78, 5) is 11.2. The molecule has 3 heteroatoms. The Balaban J connectivity index is 2.20. The quantitative estimate of drug-likeness (QED) is 0.705. The van der Waals surface area contributed by atoms with Crippen molar-refractivity contribution in [2.75, 3.05) is 13.2 Å². The van der Waals surface area contributed by atoms with E-state index in [0.29, 0.717) is 13.0 Å². The first-order valence-electron chi connectivity index (χ1n) is 6.03. The second kappa shape index (κ2) is 7.85. The number of aliphatic hydroxyl groups excluding tert-OH is 1. The van der Waals surface area contributed by atoms with Crippen molar-refractivity contribution >= 4 is 5.78 Å². The molecule has 0 spiro atoms. The zero-order valence-corrected chi connectivity index (χ0v) is 10.3. The first-order chi connectivity index (χ1) is 8.24. The number of carbonyl (C=O) groups excluding carboxylic acids is 1. The normalized spacial score (nSPS) is 12.1. The molecule has 0 heterocycles. The van der Waals surface area contributed by atoms with Crippen molar-refractivity contribution in [3.8, 4) is 5.75 Å². The van der Waals surface area contributed by atoms with E-state index in [1.54, 1.807) is 6.92 Å². The van der Waals surface area contributed by atoms with Crippen LogP contribution in [0.1, 0.15) is 26.2 Å². The van der Waals surface area contributed by atoms with Crippen molar-refractivity contribution in [3.63, 3.8) is 0 Å². The van der Waals surface area contributed by atoms with Gasteiger partial charge in [-0.15, -0.1) is 0 Å². The van der Waals surface area contributed by atoms with Crippen LogP contribution in [0.4, 0.5) is 0 Å². The van der Waals surface area contributed by atoms with E-state index in [1.807, 2.05) is 30.3 Å². The van der Waals surface area contributed by atoms with Crippen LogP contribution in [0.25, 0.3) is 0 Å². The van der Waals surface area contributed by atoms with Crippen LogP contribution in [0.5, 0.6) is 5.75 Å².